The van der Waals surface area contributed by atoms with Crippen LogP contribution in [0.4, 0.5) is 5.82 Å². The summed E-state index contributed by atoms with van der Waals surface area (Å²) in [5.74, 6) is 0.111. The first-order chi connectivity index (χ1) is 6.18. The lowest BCUT2D eigenvalue weighted by Crippen LogP contribution is -2.07. The number of pyridine rings is 1. The first-order valence-electron chi connectivity index (χ1n) is 3.85. The normalized spacial score (nSPS) is 10.5. The van der Waals surface area contributed by atoms with Gasteiger partial charge in [-0.25, -0.2) is 4.98 Å². The van der Waals surface area contributed by atoms with Crippen LogP contribution >= 0.6 is 0 Å². The van der Waals surface area contributed by atoms with Gasteiger partial charge in [0.05, 0.1) is 0 Å². The summed E-state index contributed by atoms with van der Waals surface area (Å²) in [4.78, 5) is 14.2. The fraction of sp³-hybridized carbons (Fsp3) is 0.111. The van der Waals surface area contributed by atoms with Gasteiger partial charge in [-0.3, -0.25) is 4.79 Å². The molecule has 1 rings (SSSR count). The Kier molecular flexibility index (Phi) is 3.03. The lowest BCUT2D eigenvalue weighted by molar-refractivity contribution is -0.117. The van der Waals surface area contributed by atoms with Crippen molar-refractivity contribution in [2.45, 2.75) is 6.42 Å². The molecular weight excluding hydrogens is 166 g/mol. The van der Waals surface area contributed by atoms with E-state index in [0.717, 1.165) is 5.56 Å². The van der Waals surface area contributed by atoms with Crippen LogP contribution in [0, 0.1) is 0 Å². The maximum absolute atomic E-state index is 10.4. The van der Waals surface area contributed by atoms with Crippen molar-refractivity contribution in [3.8, 4) is 0 Å². The van der Waals surface area contributed by atoms with Crippen LogP contribution in [-0.2, 0) is 4.79 Å². The van der Waals surface area contributed by atoms with E-state index >= 15 is 0 Å². The molecule has 0 aliphatic rings. The highest BCUT2D eigenvalue weighted by atomic mass is 16.1. The summed E-state index contributed by atoms with van der Waals surface area (Å²) >= 11 is 0. The molecule has 0 aliphatic heterocycles. The molecule has 1 aromatic heterocycles. The van der Waals surface area contributed by atoms with E-state index in [9.17, 15) is 4.79 Å². The molecule has 4 N–H and O–H groups in total. The quantitative estimate of drug-likeness (QED) is 0.707. The number of carbonyl (C=O) groups excluding carboxylic acids is 1. The van der Waals surface area contributed by atoms with Gasteiger partial charge in [0, 0.05) is 12.6 Å². The smallest absolute Gasteiger partial charge is 0.221 e. The molecule has 0 spiro atoms. The van der Waals surface area contributed by atoms with E-state index in [1.165, 1.54) is 0 Å². The van der Waals surface area contributed by atoms with Crippen molar-refractivity contribution in [2.75, 3.05) is 5.73 Å². The van der Waals surface area contributed by atoms with E-state index in [-0.39, 0.29) is 12.3 Å². The molecule has 0 saturated heterocycles. The predicted molar refractivity (Wildman–Crippen MR) is 51.5 cm³/mol. The van der Waals surface area contributed by atoms with Crippen LogP contribution < -0.4 is 11.5 Å². The molecule has 1 aromatic rings. The molecule has 1 amide bonds. The van der Waals surface area contributed by atoms with Crippen molar-refractivity contribution < 1.29 is 4.79 Å². The minimum atomic E-state index is -0.349. The zero-order valence-corrected chi connectivity index (χ0v) is 7.10. The third kappa shape index (κ3) is 3.37. The monoisotopic (exact) mass is 177 g/mol. The van der Waals surface area contributed by atoms with Crippen molar-refractivity contribution >= 4 is 17.8 Å². The predicted octanol–water partition coefficient (Wildman–Crippen LogP) is 0.552. The molecule has 0 aromatic carbocycles. The molecule has 0 bridgehead atoms. The van der Waals surface area contributed by atoms with Gasteiger partial charge < -0.3 is 11.5 Å². The Hall–Kier alpha value is -1.84. The number of anilines is 1. The number of rotatable bonds is 3. The van der Waals surface area contributed by atoms with Crippen LogP contribution in [0.25, 0.3) is 6.08 Å². The third-order valence-corrected chi connectivity index (χ3v) is 1.43. The number of nitrogen functional groups attached to an aromatic ring is 1. The SMILES string of the molecule is NC(=O)CC=Cc1ccnc(N)c1. The minimum absolute atomic E-state index is 0.238. The lowest BCUT2D eigenvalue weighted by atomic mass is 10.2. The second-order valence-electron chi connectivity index (χ2n) is 2.59. The molecule has 0 atom stereocenters. The van der Waals surface area contributed by atoms with Crippen molar-refractivity contribution in [1.29, 1.82) is 0 Å². The Morgan fingerprint density at radius 3 is 3.00 bits per heavy atom. The van der Waals surface area contributed by atoms with Gasteiger partial charge in [-0.05, 0) is 17.7 Å². The van der Waals surface area contributed by atoms with E-state index in [4.69, 9.17) is 11.5 Å². The Morgan fingerprint density at radius 2 is 2.38 bits per heavy atom. The highest BCUT2D eigenvalue weighted by Crippen LogP contribution is 2.05. The minimum Gasteiger partial charge on any atom is -0.384 e. The molecule has 4 nitrogen and oxygen atoms in total. The van der Waals surface area contributed by atoms with E-state index in [1.54, 1.807) is 30.5 Å². The molecule has 0 fully saturated rings. The molecule has 0 aliphatic carbocycles. The topological polar surface area (TPSA) is 82.0 Å². The molecular formula is C9H11N3O. The standard InChI is InChI=1S/C9H11N3O/c10-8-6-7(4-5-12-8)2-1-3-9(11)13/h1-2,4-6H,3H2,(H2,10,12)(H2,11,13). The molecule has 13 heavy (non-hydrogen) atoms. The number of nitrogens with two attached hydrogens (primary N) is 2. The summed E-state index contributed by atoms with van der Waals surface area (Å²) in [5.41, 5.74) is 11.3. The lowest BCUT2D eigenvalue weighted by Gasteiger charge is -1.93. The maximum atomic E-state index is 10.4. The zero-order valence-electron chi connectivity index (χ0n) is 7.10. The second-order valence-corrected chi connectivity index (χ2v) is 2.59. The number of amides is 1. The fourth-order valence-electron chi connectivity index (χ4n) is 0.880. The molecule has 68 valence electrons. The number of nitrogens with zero attached hydrogens (tertiary/aromatic N) is 1. The van der Waals surface area contributed by atoms with Gasteiger partial charge in [0.25, 0.3) is 0 Å². The summed E-state index contributed by atoms with van der Waals surface area (Å²) in [6, 6.07) is 3.52. The highest BCUT2D eigenvalue weighted by Gasteiger charge is 1.90. The van der Waals surface area contributed by atoms with Crippen LogP contribution in [0.15, 0.2) is 24.4 Å². The van der Waals surface area contributed by atoms with Gasteiger partial charge in [0.2, 0.25) is 5.91 Å². The summed E-state index contributed by atoms with van der Waals surface area (Å²) in [5, 5.41) is 0. The van der Waals surface area contributed by atoms with Gasteiger partial charge >= 0.3 is 0 Å². The summed E-state index contributed by atoms with van der Waals surface area (Å²) in [7, 11) is 0. The largest absolute Gasteiger partial charge is 0.384 e. The van der Waals surface area contributed by atoms with E-state index in [1.807, 2.05) is 0 Å². The Balaban J connectivity index is 2.63. The van der Waals surface area contributed by atoms with Gasteiger partial charge in [-0.1, -0.05) is 12.2 Å². The first kappa shape index (κ1) is 9.25. The molecule has 4 heteroatoms. The summed E-state index contributed by atoms with van der Waals surface area (Å²) < 4.78 is 0. The van der Waals surface area contributed by atoms with Crippen molar-refractivity contribution in [3.05, 3.63) is 30.0 Å². The van der Waals surface area contributed by atoms with E-state index in [0.29, 0.717) is 5.82 Å². The van der Waals surface area contributed by atoms with Gasteiger partial charge in [0.15, 0.2) is 0 Å². The van der Waals surface area contributed by atoms with Gasteiger partial charge in [-0.15, -0.1) is 0 Å². The molecule has 0 radical (unpaired) electrons. The second kappa shape index (κ2) is 4.25. The van der Waals surface area contributed by atoms with Crippen LogP contribution in [0.1, 0.15) is 12.0 Å². The highest BCUT2D eigenvalue weighted by molar-refractivity contribution is 5.76. The number of primary amides is 1. The Morgan fingerprint density at radius 1 is 1.62 bits per heavy atom. The summed E-state index contributed by atoms with van der Waals surface area (Å²) in [6.07, 6.45) is 5.32. The van der Waals surface area contributed by atoms with Crippen molar-refractivity contribution in [2.24, 2.45) is 5.73 Å². The number of aromatic nitrogens is 1. The van der Waals surface area contributed by atoms with Gasteiger partial charge in [-0.2, -0.15) is 0 Å². The molecule has 0 unspecified atom stereocenters. The number of hydrogen-bond donors (Lipinski definition) is 2. The van der Waals surface area contributed by atoms with Crippen LogP contribution in [0.3, 0.4) is 0 Å². The van der Waals surface area contributed by atoms with Crippen LogP contribution in [-0.4, -0.2) is 10.9 Å². The maximum Gasteiger partial charge on any atom is 0.221 e. The van der Waals surface area contributed by atoms with Crippen LogP contribution in [0.5, 0.6) is 0 Å². The fourth-order valence-corrected chi connectivity index (χ4v) is 0.880. The zero-order chi connectivity index (χ0) is 9.68. The first-order valence-corrected chi connectivity index (χ1v) is 3.85. The van der Waals surface area contributed by atoms with Crippen LogP contribution in [0.2, 0.25) is 0 Å². The number of carbonyl (C=O) groups is 1. The Bertz CT molecular complexity index is 333. The molecule has 1 heterocycles. The average Bonchev–Trinajstić information content (AvgIpc) is 2.03. The average molecular weight is 177 g/mol. The Labute approximate surface area is 76.3 Å². The van der Waals surface area contributed by atoms with E-state index < -0.39 is 0 Å². The van der Waals surface area contributed by atoms with E-state index in [2.05, 4.69) is 4.98 Å². The summed E-state index contributed by atoms with van der Waals surface area (Å²) in [6.45, 7) is 0. The number of hydrogen-bond acceptors (Lipinski definition) is 3. The van der Waals surface area contributed by atoms with Crippen molar-refractivity contribution in [1.82, 2.24) is 4.98 Å². The van der Waals surface area contributed by atoms with Gasteiger partial charge in [0.1, 0.15) is 5.82 Å². The molecule has 0 saturated carbocycles. The van der Waals surface area contributed by atoms with Crippen molar-refractivity contribution in [3.63, 3.8) is 0 Å². The third-order valence-electron chi connectivity index (χ3n) is 1.43.